The Bertz CT molecular complexity index is 1290. The minimum atomic E-state index is -0.409. The number of hydrogen-bond acceptors (Lipinski definition) is 4. The second-order valence-electron chi connectivity index (χ2n) is 6.71. The van der Waals surface area contributed by atoms with Crippen LogP contribution < -0.4 is 0 Å². The highest BCUT2D eigenvalue weighted by atomic mass is 16.6. The third-order valence-electron chi connectivity index (χ3n) is 4.83. The van der Waals surface area contributed by atoms with E-state index in [-0.39, 0.29) is 5.69 Å². The van der Waals surface area contributed by atoms with Crippen molar-refractivity contribution in [1.29, 1.82) is 5.26 Å². The Morgan fingerprint density at radius 2 is 2.00 bits per heavy atom. The Morgan fingerprint density at radius 1 is 1.21 bits per heavy atom. The normalized spacial score (nSPS) is 11.6. The lowest BCUT2D eigenvalue weighted by Crippen LogP contribution is -2.00. The van der Waals surface area contributed by atoms with Gasteiger partial charge in [0.25, 0.3) is 5.69 Å². The summed E-state index contributed by atoms with van der Waals surface area (Å²) < 4.78 is 1.94. The summed E-state index contributed by atoms with van der Waals surface area (Å²) in [7, 11) is 0. The van der Waals surface area contributed by atoms with E-state index in [0.717, 1.165) is 28.0 Å². The predicted molar refractivity (Wildman–Crippen MR) is 111 cm³/mol. The molecule has 0 aliphatic heterocycles. The van der Waals surface area contributed by atoms with Crippen molar-refractivity contribution in [2.75, 3.05) is 0 Å². The van der Waals surface area contributed by atoms with Crippen molar-refractivity contribution < 1.29 is 4.92 Å². The molecule has 0 spiro atoms. The lowest BCUT2D eigenvalue weighted by Gasteiger charge is -2.09. The molecule has 0 radical (unpaired) electrons. The molecule has 0 amide bonds. The summed E-state index contributed by atoms with van der Waals surface area (Å²) in [4.78, 5) is 18.4. The number of H-pyrrole nitrogens is 1. The van der Waals surface area contributed by atoms with Gasteiger partial charge in [-0.05, 0) is 49.8 Å². The first-order valence-electron chi connectivity index (χ1n) is 8.98. The fourth-order valence-electron chi connectivity index (χ4n) is 3.47. The van der Waals surface area contributed by atoms with Crippen molar-refractivity contribution in [3.63, 3.8) is 0 Å². The topological polar surface area (TPSA) is 101 Å². The quantitative estimate of drug-likeness (QED) is 0.306. The summed E-state index contributed by atoms with van der Waals surface area (Å²) in [6, 6.07) is 18.3. The van der Waals surface area contributed by atoms with Crippen LogP contribution in [0.5, 0.6) is 0 Å². The molecule has 0 atom stereocenters. The van der Waals surface area contributed by atoms with Gasteiger partial charge >= 0.3 is 0 Å². The number of fused-ring (bicyclic) bond motifs is 1. The second-order valence-corrected chi connectivity index (χ2v) is 6.71. The molecule has 0 saturated heterocycles. The van der Waals surface area contributed by atoms with Crippen LogP contribution in [0.15, 0.2) is 54.6 Å². The van der Waals surface area contributed by atoms with Crippen LogP contribution in [0.3, 0.4) is 0 Å². The molecule has 2 heterocycles. The molecular formula is C22H17N5O2. The van der Waals surface area contributed by atoms with Crippen molar-refractivity contribution in [2.24, 2.45) is 0 Å². The van der Waals surface area contributed by atoms with Gasteiger partial charge < -0.3 is 9.55 Å². The van der Waals surface area contributed by atoms with Gasteiger partial charge in [-0.3, -0.25) is 10.1 Å². The summed E-state index contributed by atoms with van der Waals surface area (Å²) in [6.45, 7) is 3.85. The van der Waals surface area contributed by atoms with Crippen molar-refractivity contribution >= 4 is 28.4 Å². The third-order valence-corrected chi connectivity index (χ3v) is 4.83. The van der Waals surface area contributed by atoms with Gasteiger partial charge in [-0.15, -0.1) is 0 Å². The minimum Gasteiger partial charge on any atom is -0.337 e. The second kappa shape index (κ2) is 7.09. The number of nitro benzene ring substituents is 1. The van der Waals surface area contributed by atoms with Crippen LogP contribution in [-0.2, 0) is 0 Å². The largest absolute Gasteiger partial charge is 0.337 e. The molecule has 4 aromatic rings. The Labute approximate surface area is 166 Å². The third kappa shape index (κ3) is 3.28. The summed E-state index contributed by atoms with van der Waals surface area (Å²) >= 11 is 0. The Kier molecular flexibility index (Phi) is 4.45. The number of non-ortho nitro benzene ring substituents is 1. The maximum absolute atomic E-state index is 11.1. The molecule has 142 valence electrons. The highest BCUT2D eigenvalue weighted by Gasteiger charge is 2.14. The number of rotatable bonds is 4. The van der Waals surface area contributed by atoms with E-state index in [9.17, 15) is 15.4 Å². The van der Waals surface area contributed by atoms with Crippen LogP contribution in [-0.4, -0.2) is 19.5 Å². The standard InChI is InChI=1S/C22H17N5O2/c1-14-10-16(15(2)26(14)18-6-5-7-19(12-18)27(28)29)11-17(13-23)22-24-20-8-3-4-9-21(20)25-22/h3-12H,1-2H3,(H,24,25). The minimum absolute atomic E-state index is 0.0343. The summed E-state index contributed by atoms with van der Waals surface area (Å²) in [5.74, 6) is 0.508. The Hall–Kier alpha value is -4.18. The molecule has 0 aliphatic rings. The SMILES string of the molecule is Cc1cc(C=C(C#N)c2nc3ccccc3[nH]2)c(C)n1-c1cccc([N+](=O)[O-])c1. The highest BCUT2D eigenvalue weighted by molar-refractivity contribution is 5.90. The van der Waals surface area contributed by atoms with Gasteiger partial charge in [0.2, 0.25) is 0 Å². The molecule has 1 N–H and O–H groups in total. The van der Waals surface area contributed by atoms with E-state index in [1.165, 1.54) is 12.1 Å². The molecule has 0 fully saturated rings. The van der Waals surface area contributed by atoms with Crippen LogP contribution in [0.4, 0.5) is 5.69 Å². The van der Waals surface area contributed by atoms with E-state index in [4.69, 9.17) is 0 Å². The summed E-state index contributed by atoms with van der Waals surface area (Å²) in [6.07, 6.45) is 1.79. The number of allylic oxidation sites excluding steroid dienone is 1. The number of aromatic nitrogens is 3. The maximum atomic E-state index is 11.1. The van der Waals surface area contributed by atoms with Crippen molar-refractivity contribution in [1.82, 2.24) is 14.5 Å². The van der Waals surface area contributed by atoms with Crippen LogP contribution in [0, 0.1) is 35.3 Å². The summed E-state index contributed by atoms with van der Waals surface area (Å²) in [5.41, 5.74) is 5.47. The summed E-state index contributed by atoms with van der Waals surface area (Å²) in [5, 5.41) is 20.8. The number of benzene rings is 2. The number of hydrogen-bond donors (Lipinski definition) is 1. The van der Waals surface area contributed by atoms with Gasteiger partial charge in [0.1, 0.15) is 11.9 Å². The van der Waals surface area contributed by atoms with E-state index < -0.39 is 4.92 Å². The lowest BCUT2D eigenvalue weighted by atomic mass is 10.1. The fourth-order valence-corrected chi connectivity index (χ4v) is 3.47. The first-order chi connectivity index (χ1) is 14.0. The smallest absolute Gasteiger partial charge is 0.271 e. The molecule has 0 aliphatic carbocycles. The molecular weight excluding hydrogens is 366 g/mol. The number of imidazole rings is 1. The molecule has 2 aromatic heterocycles. The fraction of sp³-hybridized carbons (Fsp3) is 0.0909. The number of nitrogens with zero attached hydrogens (tertiary/aromatic N) is 4. The van der Waals surface area contributed by atoms with Crippen LogP contribution in [0.25, 0.3) is 28.4 Å². The van der Waals surface area contributed by atoms with E-state index in [0.29, 0.717) is 17.1 Å². The zero-order chi connectivity index (χ0) is 20.5. The van der Waals surface area contributed by atoms with E-state index in [1.807, 2.05) is 54.8 Å². The number of nitro groups is 1. The molecule has 0 unspecified atom stereocenters. The average molecular weight is 383 g/mol. The van der Waals surface area contributed by atoms with Crippen LogP contribution >= 0.6 is 0 Å². The van der Waals surface area contributed by atoms with Crippen molar-refractivity contribution in [3.05, 3.63) is 87.5 Å². The monoisotopic (exact) mass is 383 g/mol. The molecule has 7 heteroatoms. The molecule has 2 aromatic carbocycles. The van der Waals surface area contributed by atoms with E-state index in [2.05, 4.69) is 16.0 Å². The number of aryl methyl sites for hydroxylation is 1. The zero-order valence-corrected chi connectivity index (χ0v) is 15.9. The first kappa shape index (κ1) is 18.2. The predicted octanol–water partition coefficient (Wildman–Crippen LogP) is 4.94. The van der Waals surface area contributed by atoms with Gasteiger partial charge in [-0.2, -0.15) is 5.26 Å². The number of para-hydroxylation sites is 2. The zero-order valence-electron chi connectivity index (χ0n) is 15.9. The van der Waals surface area contributed by atoms with Crippen LogP contribution in [0.1, 0.15) is 22.8 Å². The van der Waals surface area contributed by atoms with E-state index in [1.54, 1.807) is 12.1 Å². The highest BCUT2D eigenvalue weighted by Crippen LogP contribution is 2.27. The molecule has 4 rings (SSSR count). The van der Waals surface area contributed by atoms with Gasteiger partial charge in [0, 0.05) is 23.5 Å². The van der Waals surface area contributed by atoms with Crippen molar-refractivity contribution in [2.45, 2.75) is 13.8 Å². The van der Waals surface area contributed by atoms with E-state index >= 15 is 0 Å². The molecule has 0 saturated carbocycles. The van der Waals surface area contributed by atoms with Crippen LogP contribution in [0.2, 0.25) is 0 Å². The van der Waals surface area contributed by atoms with Crippen molar-refractivity contribution in [3.8, 4) is 11.8 Å². The Morgan fingerprint density at radius 3 is 2.72 bits per heavy atom. The average Bonchev–Trinajstić information content (AvgIpc) is 3.26. The maximum Gasteiger partial charge on any atom is 0.271 e. The number of nitrogens with one attached hydrogen (secondary N) is 1. The Balaban J connectivity index is 1.80. The van der Waals surface area contributed by atoms with Gasteiger partial charge in [-0.25, -0.2) is 4.98 Å². The first-order valence-corrected chi connectivity index (χ1v) is 8.98. The van der Waals surface area contributed by atoms with Gasteiger partial charge in [0.05, 0.1) is 27.2 Å². The van der Waals surface area contributed by atoms with Gasteiger partial charge in [0.15, 0.2) is 0 Å². The molecule has 0 bridgehead atoms. The number of nitriles is 1. The lowest BCUT2D eigenvalue weighted by molar-refractivity contribution is -0.384. The molecule has 29 heavy (non-hydrogen) atoms. The van der Waals surface area contributed by atoms with Gasteiger partial charge in [-0.1, -0.05) is 18.2 Å². The number of aromatic amines is 1. The molecule has 7 nitrogen and oxygen atoms in total.